The number of ether oxygens (including phenoxy) is 1. The van der Waals surface area contributed by atoms with Gasteiger partial charge < -0.3 is 14.6 Å². The summed E-state index contributed by atoms with van der Waals surface area (Å²) in [5, 5.41) is 11.6. The zero-order valence-corrected chi connectivity index (χ0v) is 17.8. The number of carbonyl (C=O) groups excluding carboxylic acids is 1. The lowest BCUT2D eigenvalue weighted by Crippen LogP contribution is -2.23. The average Bonchev–Trinajstić information content (AvgIpc) is 3.36. The molecule has 4 rings (SSSR count). The molecular weight excluding hydrogens is 392 g/mol. The largest absolute Gasteiger partial charge is 0.497 e. The van der Waals surface area contributed by atoms with Crippen molar-refractivity contribution < 1.29 is 14.1 Å². The van der Waals surface area contributed by atoms with Gasteiger partial charge in [-0.3, -0.25) is 9.48 Å². The number of hydrogen-bond acceptors (Lipinski definition) is 5. The molecule has 4 aromatic rings. The Hall–Kier alpha value is -3.87. The maximum Gasteiger partial charge on any atom is 0.255 e. The second-order valence-corrected chi connectivity index (χ2v) is 7.29. The molecule has 0 radical (unpaired) electrons. The molecule has 0 bridgehead atoms. The molecule has 1 amide bonds. The van der Waals surface area contributed by atoms with Crippen LogP contribution >= 0.6 is 0 Å². The molecule has 2 aromatic heterocycles. The second-order valence-electron chi connectivity index (χ2n) is 7.29. The van der Waals surface area contributed by atoms with Gasteiger partial charge in [0.1, 0.15) is 17.2 Å². The van der Waals surface area contributed by atoms with Crippen molar-refractivity contribution in [3.8, 4) is 17.0 Å². The highest BCUT2D eigenvalue weighted by atomic mass is 16.5. The van der Waals surface area contributed by atoms with Gasteiger partial charge >= 0.3 is 0 Å². The fourth-order valence-electron chi connectivity index (χ4n) is 3.44. The van der Waals surface area contributed by atoms with Gasteiger partial charge in [-0.15, -0.1) is 0 Å². The first-order chi connectivity index (χ1) is 15.0. The lowest BCUT2D eigenvalue weighted by molar-refractivity contribution is 0.0951. The van der Waals surface area contributed by atoms with E-state index < -0.39 is 0 Å². The molecular formula is C24H24N4O3. The second kappa shape index (κ2) is 8.87. The van der Waals surface area contributed by atoms with Crippen LogP contribution in [0, 0.1) is 13.8 Å². The summed E-state index contributed by atoms with van der Waals surface area (Å²) in [6, 6.07) is 17.6. The minimum Gasteiger partial charge on any atom is -0.497 e. The lowest BCUT2D eigenvalue weighted by Gasteiger charge is -2.06. The Labute approximate surface area is 180 Å². The molecule has 0 aliphatic heterocycles. The summed E-state index contributed by atoms with van der Waals surface area (Å²) in [5.74, 6) is 1.19. The van der Waals surface area contributed by atoms with Crippen LogP contribution in [-0.4, -0.2) is 28.0 Å². The van der Waals surface area contributed by atoms with Gasteiger partial charge in [-0.1, -0.05) is 47.6 Å². The lowest BCUT2D eigenvalue weighted by atomic mass is 10.1. The summed E-state index contributed by atoms with van der Waals surface area (Å²) in [5.41, 5.74) is 4.67. The highest BCUT2D eigenvalue weighted by molar-refractivity contribution is 5.99. The van der Waals surface area contributed by atoms with Crippen LogP contribution in [0.3, 0.4) is 0 Å². The molecule has 0 saturated heterocycles. The van der Waals surface area contributed by atoms with Crippen LogP contribution in [0.5, 0.6) is 5.75 Å². The number of rotatable bonds is 7. The molecule has 0 atom stereocenters. The van der Waals surface area contributed by atoms with E-state index in [4.69, 9.17) is 14.4 Å². The topological polar surface area (TPSA) is 82.2 Å². The van der Waals surface area contributed by atoms with Gasteiger partial charge in [0.15, 0.2) is 0 Å². The summed E-state index contributed by atoms with van der Waals surface area (Å²) in [6.45, 7) is 4.59. The molecule has 0 aliphatic carbocycles. The van der Waals surface area contributed by atoms with Crippen LogP contribution < -0.4 is 10.1 Å². The van der Waals surface area contributed by atoms with Crippen LogP contribution in [0.15, 0.2) is 65.3 Å². The molecule has 7 nitrogen and oxygen atoms in total. The van der Waals surface area contributed by atoms with Gasteiger partial charge in [0.05, 0.1) is 24.9 Å². The van der Waals surface area contributed by atoms with Gasteiger partial charge in [0, 0.05) is 23.9 Å². The first kappa shape index (κ1) is 20.4. The molecule has 2 aromatic carbocycles. The van der Waals surface area contributed by atoms with E-state index in [0.29, 0.717) is 35.9 Å². The number of hydrogen-bond donors (Lipinski definition) is 1. The molecule has 1 N–H and O–H groups in total. The predicted molar refractivity (Wildman–Crippen MR) is 117 cm³/mol. The molecule has 0 saturated carbocycles. The number of carbonyl (C=O) groups is 1. The smallest absolute Gasteiger partial charge is 0.255 e. The number of nitrogens with zero attached hydrogens (tertiary/aromatic N) is 3. The molecule has 0 unspecified atom stereocenters. The van der Waals surface area contributed by atoms with Gasteiger partial charge in [-0.05, 0) is 31.5 Å². The van der Waals surface area contributed by atoms with Crippen molar-refractivity contribution in [1.29, 1.82) is 0 Å². The Kier molecular flexibility index (Phi) is 5.84. The fraction of sp³-hybridized carbons (Fsp3) is 0.208. The summed E-state index contributed by atoms with van der Waals surface area (Å²) in [7, 11) is 1.62. The standard InChI is InChI=1S/C24H24N4O3/c1-16-21(17(2)31-27-16)13-25-24(29)22-15-28(14-18-8-5-4-6-9-18)26-23(22)19-10-7-11-20(12-19)30-3/h4-12,15H,13-14H2,1-3H3,(H,25,29). The zero-order valence-electron chi connectivity index (χ0n) is 17.8. The van der Waals surface area contributed by atoms with Gasteiger partial charge in [-0.25, -0.2) is 0 Å². The van der Waals surface area contributed by atoms with Crippen molar-refractivity contribution in [2.45, 2.75) is 26.9 Å². The number of benzene rings is 2. The van der Waals surface area contributed by atoms with E-state index in [9.17, 15) is 4.79 Å². The minimum atomic E-state index is -0.211. The molecule has 7 heteroatoms. The molecule has 0 fully saturated rings. The van der Waals surface area contributed by atoms with Crippen LogP contribution in [0.1, 0.15) is 32.9 Å². The molecule has 31 heavy (non-hydrogen) atoms. The number of aromatic nitrogens is 3. The van der Waals surface area contributed by atoms with Crippen LogP contribution in [0.4, 0.5) is 0 Å². The molecule has 2 heterocycles. The third-order valence-electron chi connectivity index (χ3n) is 5.14. The normalized spacial score (nSPS) is 10.8. The number of amides is 1. The van der Waals surface area contributed by atoms with Crippen molar-refractivity contribution in [3.05, 3.63) is 88.9 Å². The minimum absolute atomic E-state index is 0.211. The SMILES string of the molecule is COc1cccc(-c2nn(Cc3ccccc3)cc2C(=O)NCc2c(C)noc2C)c1. The van der Waals surface area contributed by atoms with E-state index in [1.54, 1.807) is 18.0 Å². The Morgan fingerprint density at radius 3 is 2.65 bits per heavy atom. The van der Waals surface area contributed by atoms with Crippen molar-refractivity contribution in [2.24, 2.45) is 0 Å². The van der Waals surface area contributed by atoms with Crippen molar-refractivity contribution >= 4 is 5.91 Å². The van der Waals surface area contributed by atoms with Crippen molar-refractivity contribution in [2.75, 3.05) is 7.11 Å². The zero-order chi connectivity index (χ0) is 21.8. The molecule has 0 spiro atoms. The average molecular weight is 416 g/mol. The van der Waals surface area contributed by atoms with Crippen molar-refractivity contribution in [1.82, 2.24) is 20.3 Å². The summed E-state index contributed by atoms with van der Waals surface area (Å²) >= 11 is 0. The summed E-state index contributed by atoms with van der Waals surface area (Å²) < 4.78 is 12.3. The predicted octanol–water partition coefficient (Wildman–Crippen LogP) is 4.14. The summed E-state index contributed by atoms with van der Waals surface area (Å²) in [6.07, 6.45) is 1.78. The molecule has 158 valence electrons. The van der Waals surface area contributed by atoms with E-state index in [2.05, 4.69) is 10.5 Å². The van der Waals surface area contributed by atoms with E-state index in [0.717, 1.165) is 22.4 Å². The van der Waals surface area contributed by atoms with Crippen molar-refractivity contribution in [3.63, 3.8) is 0 Å². The monoisotopic (exact) mass is 416 g/mol. The Morgan fingerprint density at radius 2 is 1.94 bits per heavy atom. The molecule has 0 aliphatic rings. The van der Waals surface area contributed by atoms with E-state index >= 15 is 0 Å². The Balaban J connectivity index is 1.66. The first-order valence-corrected chi connectivity index (χ1v) is 10.0. The highest BCUT2D eigenvalue weighted by Crippen LogP contribution is 2.26. The van der Waals surface area contributed by atoms with Gasteiger partial charge in [0.25, 0.3) is 5.91 Å². The summed E-state index contributed by atoms with van der Waals surface area (Å²) in [4.78, 5) is 13.1. The first-order valence-electron chi connectivity index (χ1n) is 10.0. The van der Waals surface area contributed by atoms with Crippen LogP contribution in [0.25, 0.3) is 11.3 Å². The maximum absolute atomic E-state index is 13.1. The highest BCUT2D eigenvalue weighted by Gasteiger charge is 2.20. The quantitative estimate of drug-likeness (QED) is 0.490. The van der Waals surface area contributed by atoms with E-state index in [1.807, 2.05) is 68.4 Å². The number of aryl methyl sites for hydroxylation is 2. The Morgan fingerprint density at radius 1 is 1.13 bits per heavy atom. The third-order valence-corrected chi connectivity index (χ3v) is 5.14. The van der Waals surface area contributed by atoms with E-state index in [-0.39, 0.29) is 5.91 Å². The fourth-order valence-corrected chi connectivity index (χ4v) is 3.44. The van der Waals surface area contributed by atoms with Gasteiger partial charge in [-0.2, -0.15) is 5.10 Å². The van der Waals surface area contributed by atoms with Crippen LogP contribution in [0.2, 0.25) is 0 Å². The number of methoxy groups -OCH3 is 1. The number of nitrogens with one attached hydrogen (secondary N) is 1. The third kappa shape index (κ3) is 4.50. The maximum atomic E-state index is 13.1. The Bertz CT molecular complexity index is 1180. The van der Waals surface area contributed by atoms with Gasteiger partial charge in [0.2, 0.25) is 0 Å². The van der Waals surface area contributed by atoms with Crippen LogP contribution in [-0.2, 0) is 13.1 Å². The van der Waals surface area contributed by atoms with E-state index in [1.165, 1.54) is 0 Å².